The third kappa shape index (κ3) is 7.60. The fourth-order valence-electron chi connectivity index (χ4n) is 8.96. The van der Waals surface area contributed by atoms with Crippen LogP contribution in [0.2, 0.25) is 0 Å². The Balaban J connectivity index is 0.797. The van der Waals surface area contributed by atoms with E-state index < -0.39 is 6.04 Å². The van der Waals surface area contributed by atoms with Gasteiger partial charge >= 0.3 is 0 Å². The van der Waals surface area contributed by atoms with Crippen molar-refractivity contribution < 1.29 is 23.8 Å². The van der Waals surface area contributed by atoms with Crippen molar-refractivity contribution in [3.8, 4) is 11.5 Å². The largest absolute Gasteiger partial charge is 0.508 e. The summed E-state index contributed by atoms with van der Waals surface area (Å²) in [5.74, 6) is 1.01. The molecule has 4 aromatic rings. The molecule has 0 aromatic heterocycles. The summed E-state index contributed by atoms with van der Waals surface area (Å²) in [5.41, 5.74) is 8.24. The van der Waals surface area contributed by atoms with E-state index in [2.05, 4.69) is 52.0 Å². The number of unbranched alkanes of at least 4 members (excludes halogenated alkanes) is 2. The van der Waals surface area contributed by atoms with Crippen molar-refractivity contribution >= 4 is 17.5 Å². The van der Waals surface area contributed by atoms with Crippen molar-refractivity contribution in [1.29, 1.82) is 0 Å². The van der Waals surface area contributed by atoms with Crippen molar-refractivity contribution in [2.24, 2.45) is 0 Å². The van der Waals surface area contributed by atoms with E-state index >= 15 is 0 Å². The molecule has 1 unspecified atom stereocenters. The third-order valence-corrected chi connectivity index (χ3v) is 11.8. The van der Waals surface area contributed by atoms with Gasteiger partial charge < -0.3 is 25.0 Å². The van der Waals surface area contributed by atoms with E-state index in [0.717, 1.165) is 93.1 Å². The molecule has 4 aromatic carbocycles. The number of hydrogen-bond donors (Lipinski definition) is 2. The predicted molar refractivity (Wildman–Crippen MR) is 208 cm³/mol. The van der Waals surface area contributed by atoms with Crippen LogP contribution in [0, 0.1) is 5.82 Å². The van der Waals surface area contributed by atoms with Gasteiger partial charge in [0.05, 0.1) is 6.61 Å². The highest BCUT2D eigenvalue weighted by molar-refractivity contribution is 6.01. The van der Waals surface area contributed by atoms with E-state index in [9.17, 15) is 19.1 Å². The second-order valence-electron chi connectivity index (χ2n) is 15.3. The summed E-state index contributed by atoms with van der Waals surface area (Å²) in [6.07, 6.45) is 6.29. The summed E-state index contributed by atoms with van der Waals surface area (Å²) in [6.45, 7) is 9.94. The molecule has 8 nitrogen and oxygen atoms in total. The average Bonchev–Trinajstić information content (AvgIpc) is 3.51. The quantitative estimate of drug-likeness (QED) is 0.156. The highest BCUT2D eigenvalue weighted by Crippen LogP contribution is 2.47. The lowest BCUT2D eigenvalue weighted by atomic mass is 9.69. The zero-order valence-electron chi connectivity index (χ0n) is 30.8. The number of aryl methyl sites for hydroxylation is 1. The van der Waals surface area contributed by atoms with Gasteiger partial charge in [0, 0.05) is 55.6 Å². The SMILES string of the molecule is C=C1CCC(N2Cc3cc(N4CCN(CCCCCOc5cccc([C@@H]6c7ccc(O)cc7CC[C@@H]6c6ccc(F)cc6)c5)CC4)ccc3C2=O)C(=O)N1. The fourth-order valence-corrected chi connectivity index (χ4v) is 8.96. The fraction of sp³-hybridized carbons (Fsp3) is 0.378. The van der Waals surface area contributed by atoms with Crippen molar-refractivity contribution in [2.75, 3.05) is 44.2 Å². The summed E-state index contributed by atoms with van der Waals surface area (Å²) in [5, 5.41) is 13.0. The molecule has 1 aliphatic carbocycles. The van der Waals surface area contributed by atoms with Crippen LogP contribution in [-0.4, -0.2) is 72.1 Å². The van der Waals surface area contributed by atoms with E-state index in [-0.39, 0.29) is 35.2 Å². The molecular weight excluding hydrogens is 680 g/mol. The number of halogens is 1. The van der Waals surface area contributed by atoms with Crippen LogP contribution in [0.1, 0.15) is 88.5 Å². The molecule has 0 bridgehead atoms. The average molecular weight is 729 g/mol. The highest BCUT2D eigenvalue weighted by Gasteiger charge is 2.38. The van der Waals surface area contributed by atoms with Gasteiger partial charge in [-0.1, -0.05) is 36.9 Å². The van der Waals surface area contributed by atoms with Crippen molar-refractivity contribution in [1.82, 2.24) is 15.1 Å². The number of benzene rings is 4. The predicted octanol–water partition coefficient (Wildman–Crippen LogP) is 7.51. The van der Waals surface area contributed by atoms with Crippen LogP contribution < -0.4 is 15.0 Å². The van der Waals surface area contributed by atoms with Gasteiger partial charge in [0.2, 0.25) is 5.91 Å². The minimum atomic E-state index is -0.439. The molecule has 8 rings (SSSR count). The molecule has 2 N–H and O–H groups in total. The number of fused-ring (bicyclic) bond motifs is 2. The van der Waals surface area contributed by atoms with Crippen LogP contribution in [-0.2, 0) is 17.8 Å². The van der Waals surface area contributed by atoms with Gasteiger partial charge in [-0.05, 0) is 140 Å². The number of hydrogen-bond acceptors (Lipinski definition) is 6. The molecular formula is C45H49FN4O4. The van der Waals surface area contributed by atoms with E-state index in [0.29, 0.717) is 31.6 Å². The number of piperidine rings is 1. The number of phenolic OH excluding ortho intramolecular Hbond substituents is 1. The van der Waals surface area contributed by atoms with E-state index in [1.54, 1.807) is 23.1 Å². The number of aromatic hydroxyl groups is 1. The molecule has 54 heavy (non-hydrogen) atoms. The first kappa shape index (κ1) is 35.9. The first-order chi connectivity index (χ1) is 26.3. The van der Waals surface area contributed by atoms with E-state index in [4.69, 9.17) is 4.74 Å². The normalized spacial score (nSPS) is 21.5. The number of nitrogens with zero attached hydrogens (tertiary/aromatic N) is 3. The van der Waals surface area contributed by atoms with Crippen molar-refractivity contribution in [2.45, 2.75) is 69.4 Å². The minimum Gasteiger partial charge on any atom is -0.508 e. The zero-order valence-corrected chi connectivity index (χ0v) is 30.8. The summed E-state index contributed by atoms with van der Waals surface area (Å²) < 4.78 is 20.1. The van der Waals surface area contributed by atoms with Gasteiger partial charge in [0.15, 0.2) is 0 Å². The number of piperazine rings is 1. The maximum atomic E-state index is 13.8. The maximum Gasteiger partial charge on any atom is 0.255 e. The van der Waals surface area contributed by atoms with Crippen LogP contribution in [0.3, 0.4) is 0 Å². The molecule has 0 saturated carbocycles. The van der Waals surface area contributed by atoms with Crippen LogP contribution in [0.5, 0.6) is 11.5 Å². The Morgan fingerprint density at radius 2 is 1.67 bits per heavy atom. The maximum absolute atomic E-state index is 13.8. The molecule has 2 saturated heterocycles. The standard InChI is InChI=1S/C45H49FN4O4/c1-30-8-19-42(44(52)47-30)50-29-34-26-36(14-17-41(34)45(50)53)49-23-21-48(22-24-49)20-3-2-4-25-54-38-7-5-6-33(28-38)43-39(31-9-12-35(46)13-10-31)16-11-32-27-37(51)15-18-40(32)43/h5-7,9-10,12-15,17-18,26-28,39,42-43,51H,1-4,8,11,16,19-25,29H2,(H,47,52)/t39-,42?,43+/m1/s1. The van der Waals surface area contributed by atoms with Crippen LogP contribution in [0.15, 0.2) is 97.2 Å². The lowest BCUT2D eigenvalue weighted by molar-refractivity contribution is -0.126. The number of carbonyl (C=O) groups excluding carboxylic acids is 2. The van der Waals surface area contributed by atoms with E-state index in [1.165, 1.54) is 16.7 Å². The Morgan fingerprint density at radius 3 is 2.48 bits per heavy atom. The Hall–Kier alpha value is -5.15. The molecule has 2 amide bonds. The number of allylic oxidation sites excluding steroid dienone is 1. The summed E-state index contributed by atoms with van der Waals surface area (Å²) in [4.78, 5) is 32.4. The summed E-state index contributed by atoms with van der Waals surface area (Å²) >= 11 is 0. The number of amides is 2. The molecule has 2 fully saturated rings. The second-order valence-corrected chi connectivity index (χ2v) is 15.3. The molecule has 280 valence electrons. The Morgan fingerprint density at radius 1 is 0.833 bits per heavy atom. The van der Waals surface area contributed by atoms with Gasteiger partial charge in [0.25, 0.3) is 5.91 Å². The van der Waals surface area contributed by atoms with Crippen LogP contribution >= 0.6 is 0 Å². The second kappa shape index (κ2) is 15.7. The molecule has 0 spiro atoms. The van der Waals surface area contributed by atoms with Gasteiger partial charge in [-0.25, -0.2) is 4.39 Å². The van der Waals surface area contributed by atoms with Crippen LogP contribution in [0.4, 0.5) is 10.1 Å². The van der Waals surface area contributed by atoms with Gasteiger partial charge in [-0.15, -0.1) is 0 Å². The molecule has 9 heteroatoms. The van der Waals surface area contributed by atoms with Gasteiger partial charge in [-0.3, -0.25) is 14.5 Å². The Labute approximate surface area is 317 Å². The summed E-state index contributed by atoms with van der Waals surface area (Å²) in [7, 11) is 0. The number of phenols is 1. The first-order valence-electron chi connectivity index (χ1n) is 19.5. The Kier molecular flexibility index (Phi) is 10.4. The molecule has 0 radical (unpaired) electrons. The lowest BCUT2D eigenvalue weighted by Crippen LogP contribution is -2.49. The third-order valence-electron chi connectivity index (χ3n) is 11.8. The number of anilines is 1. The van der Waals surface area contributed by atoms with E-state index in [1.807, 2.05) is 36.4 Å². The smallest absolute Gasteiger partial charge is 0.255 e. The highest BCUT2D eigenvalue weighted by atomic mass is 19.1. The number of nitrogens with one attached hydrogen (secondary N) is 1. The molecule has 3 heterocycles. The number of ether oxygens (including phenoxy) is 1. The zero-order chi connectivity index (χ0) is 37.2. The summed E-state index contributed by atoms with van der Waals surface area (Å²) in [6, 6.07) is 26.7. The monoisotopic (exact) mass is 728 g/mol. The minimum absolute atomic E-state index is 0.0576. The van der Waals surface area contributed by atoms with Gasteiger partial charge in [0.1, 0.15) is 23.4 Å². The molecule has 3 aliphatic heterocycles. The number of rotatable bonds is 11. The first-order valence-corrected chi connectivity index (χ1v) is 19.5. The Bertz CT molecular complexity index is 2020. The topological polar surface area (TPSA) is 85.4 Å². The molecule has 3 atom stereocenters. The van der Waals surface area contributed by atoms with Crippen molar-refractivity contribution in [3.63, 3.8) is 0 Å². The number of carbonyl (C=O) groups is 2. The lowest BCUT2D eigenvalue weighted by Gasteiger charge is -2.36. The van der Waals surface area contributed by atoms with Gasteiger partial charge in [-0.2, -0.15) is 0 Å². The van der Waals surface area contributed by atoms with Crippen LogP contribution in [0.25, 0.3) is 0 Å². The van der Waals surface area contributed by atoms with Crippen molar-refractivity contribution in [3.05, 3.63) is 136 Å². The molecule has 4 aliphatic rings.